The lowest BCUT2D eigenvalue weighted by atomic mass is 10.1. The molecule has 0 spiro atoms. The molecule has 1 aliphatic heterocycles. The van der Waals surface area contributed by atoms with E-state index in [-0.39, 0.29) is 24.4 Å². The van der Waals surface area contributed by atoms with Crippen LogP contribution in [0, 0.1) is 10.1 Å². The van der Waals surface area contributed by atoms with Crippen LogP contribution in [0.3, 0.4) is 0 Å². The summed E-state index contributed by atoms with van der Waals surface area (Å²) < 4.78 is 10.6. The predicted molar refractivity (Wildman–Crippen MR) is 101 cm³/mol. The maximum atomic E-state index is 12.5. The Balaban J connectivity index is 1.74. The number of fused-ring (bicyclic) bond motifs is 1. The van der Waals surface area contributed by atoms with Crippen molar-refractivity contribution in [1.82, 2.24) is 4.90 Å². The van der Waals surface area contributed by atoms with Crippen molar-refractivity contribution in [2.24, 2.45) is 0 Å². The Hall–Kier alpha value is -3.06. The monoisotopic (exact) mass is 388 g/mol. The molecule has 0 bridgehead atoms. The van der Waals surface area contributed by atoms with Crippen molar-refractivity contribution in [3.05, 3.63) is 68.7 Å². The van der Waals surface area contributed by atoms with E-state index < -0.39 is 4.92 Å². The van der Waals surface area contributed by atoms with E-state index in [9.17, 15) is 14.9 Å². The highest BCUT2D eigenvalue weighted by molar-refractivity contribution is 6.32. The standard InChI is InChI=1S/C19H17ClN2O5/c1-12(14-4-3-5-15(10-14)22(24)25)21(2)18(23)7-6-13-8-16(20)19-17(9-13)26-11-27-19/h3-10,12H,11H2,1-2H3/b7-6+. The fourth-order valence-electron chi connectivity index (χ4n) is 2.68. The van der Waals surface area contributed by atoms with Crippen LogP contribution in [0.2, 0.25) is 5.02 Å². The summed E-state index contributed by atoms with van der Waals surface area (Å²) >= 11 is 6.13. The molecule has 2 aromatic carbocycles. The van der Waals surface area contributed by atoms with E-state index in [0.717, 1.165) is 0 Å². The van der Waals surface area contributed by atoms with Crippen LogP contribution in [0.5, 0.6) is 11.5 Å². The maximum Gasteiger partial charge on any atom is 0.269 e. The van der Waals surface area contributed by atoms with Gasteiger partial charge in [-0.25, -0.2) is 0 Å². The first-order valence-corrected chi connectivity index (χ1v) is 8.53. The molecule has 8 heteroatoms. The van der Waals surface area contributed by atoms with Gasteiger partial charge in [-0.2, -0.15) is 0 Å². The molecule has 0 aliphatic carbocycles. The van der Waals surface area contributed by atoms with Gasteiger partial charge in [0.25, 0.3) is 5.69 Å². The van der Waals surface area contributed by atoms with Crippen LogP contribution in [0.15, 0.2) is 42.5 Å². The first-order valence-electron chi connectivity index (χ1n) is 8.15. The number of amides is 1. The van der Waals surface area contributed by atoms with Gasteiger partial charge in [-0.3, -0.25) is 14.9 Å². The van der Waals surface area contributed by atoms with E-state index in [1.165, 1.54) is 23.1 Å². The van der Waals surface area contributed by atoms with Gasteiger partial charge in [0.05, 0.1) is 16.0 Å². The predicted octanol–water partition coefficient (Wildman–Crippen LogP) is 4.21. The third kappa shape index (κ3) is 4.03. The molecule has 27 heavy (non-hydrogen) atoms. The summed E-state index contributed by atoms with van der Waals surface area (Å²) in [7, 11) is 1.64. The number of carbonyl (C=O) groups is 1. The molecule has 0 radical (unpaired) electrons. The number of ether oxygens (including phenoxy) is 2. The molecule has 1 heterocycles. The highest BCUT2D eigenvalue weighted by atomic mass is 35.5. The number of halogens is 1. The number of rotatable bonds is 5. The molecule has 1 amide bonds. The van der Waals surface area contributed by atoms with Crippen LogP contribution in [0.4, 0.5) is 5.69 Å². The summed E-state index contributed by atoms with van der Waals surface area (Å²) in [5, 5.41) is 11.3. The van der Waals surface area contributed by atoms with Crippen molar-refractivity contribution in [3.63, 3.8) is 0 Å². The molecule has 1 aliphatic rings. The normalized spacial score (nSPS) is 13.6. The van der Waals surface area contributed by atoms with Gasteiger partial charge < -0.3 is 14.4 Å². The van der Waals surface area contributed by atoms with Gasteiger partial charge >= 0.3 is 0 Å². The van der Waals surface area contributed by atoms with Gasteiger partial charge in [0.1, 0.15) is 0 Å². The number of benzene rings is 2. The van der Waals surface area contributed by atoms with Gasteiger partial charge in [0, 0.05) is 25.3 Å². The fourth-order valence-corrected chi connectivity index (χ4v) is 2.95. The Labute approximate surface area is 160 Å². The molecule has 0 N–H and O–H groups in total. The van der Waals surface area contributed by atoms with E-state index in [2.05, 4.69) is 0 Å². The summed E-state index contributed by atoms with van der Waals surface area (Å²) in [5.74, 6) is 0.785. The van der Waals surface area contributed by atoms with E-state index in [1.807, 2.05) is 6.92 Å². The molecule has 0 saturated carbocycles. The third-order valence-electron chi connectivity index (χ3n) is 4.36. The molecular weight excluding hydrogens is 372 g/mol. The Morgan fingerprint density at radius 2 is 2.11 bits per heavy atom. The molecule has 1 unspecified atom stereocenters. The number of non-ortho nitro benzene ring substituents is 1. The minimum absolute atomic E-state index is 0.00857. The molecule has 2 aromatic rings. The fraction of sp³-hybridized carbons (Fsp3) is 0.211. The zero-order chi connectivity index (χ0) is 19.6. The van der Waals surface area contributed by atoms with E-state index >= 15 is 0 Å². The summed E-state index contributed by atoms with van der Waals surface area (Å²) in [6.07, 6.45) is 3.05. The van der Waals surface area contributed by atoms with Crippen LogP contribution in [-0.2, 0) is 4.79 Å². The Bertz CT molecular complexity index is 928. The number of nitro groups is 1. The Kier molecular flexibility index (Phi) is 5.32. The topological polar surface area (TPSA) is 81.9 Å². The quantitative estimate of drug-likeness (QED) is 0.435. The molecule has 140 valence electrons. The molecule has 0 fully saturated rings. The van der Waals surface area contributed by atoms with Crippen molar-refractivity contribution in [2.75, 3.05) is 13.8 Å². The second-order valence-corrected chi connectivity index (χ2v) is 6.45. The first-order chi connectivity index (χ1) is 12.9. The summed E-state index contributed by atoms with van der Waals surface area (Å²) in [4.78, 5) is 24.5. The van der Waals surface area contributed by atoms with Crippen molar-refractivity contribution in [1.29, 1.82) is 0 Å². The molecule has 7 nitrogen and oxygen atoms in total. The van der Waals surface area contributed by atoms with Crippen LogP contribution < -0.4 is 9.47 Å². The molecule has 1 atom stereocenters. The van der Waals surface area contributed by atoms with Gasteiger partial charge in [-0.1, -0.05) is 23.7 Å². The lowest BCUT2D eigenvalue weighted by molar-refractivity contribution is -0.384. The second kappa shape index (κ2) is 7.67. The summed E-state index contributed by atoms with van der Waals surface area (Å²) in [6.45, 7) is 1.92. The molecule has 0 saturated heterocycles. The van der Waals surface area contributed by atoms with E-state index in [1.54, 1.807) is 37.4 Å². The number of nitrogens with zero attached hydrogens (tertiary/aromatic N) is 2. The van der Waals surface area contributed by atoms with Gasteiger partial charge in [-0.05, 0) is 36.3 Å². The van der Waals surface area contributed by atoms with Crippen molar-refractivity contribution >= 4 is 29.3 Å². The van der Waals surface area contributed by atoms with Gasteiger partial charge in [0.2, 0.25) is 12.7 Å². The van der Waals surface area contributed by atoms with Gasteiger partial charge in [-0.15, -0.1) is 0 Å². The molecule has 3 rings (SSSR count). The Morgan fingerprint density at radius 3 is 2.85 bits per heavy atom. The number of nitro benzene ring substituents is 1. The maximum absolute atomic E-state index is 12.5. The average molecular weight is 389 g/mol. The van der Waals surface area contributed by atoms with E-state index in [4.69, 9.17) is 21.1 Å². The van der Waals surface area contributed by atoms with Crippen LogP contribution in [0.1, 0.15) is 24.1 Å². The molecular formula is C19H17ClN2O5. The number of likely N-dealkylation sites (N-methyl/N-ethyl adjacent to an activating group) is 1. The zero-order valence-electron chi connectivity index (χ0n) is 14.7. The second-order valence-electron chi connectivity index (χ2n) is 6.05. The third-order valence-corrected chi connectivity index (χ3v) is 4.64. The van der Waals surface area contributed by atoms with Crippen molar-refractivity contribution in [2.45, 2.75) is 13.0 Å². The first kappa shape index (κ1) is 18.7. The van der Waals surface area contributed by atoms with E-state index in [0.29, 0.717) is 27.6 Å². The summed E-state index contributed by atoms with van der Waals surface area (Å²) in [5.41, 5.74) is 1.37. The highest BCUT2D eigenvalue weighted by Gasteiger charge is 2.19. The smallest absolute Gasteiger partial charge is 0.269 e. The highest BCUT2D eigenvalue weighted by Crippen LogP contribution is 2.40. The summed E-state index contributed by atoms with van der Waals surface area (Å²) in [6, 6.07) is 9.33. The Morgan fingerprint density at radius 1 is 1.33 bits per heavy atom. The zero-order valence-corrected chi connectivity index (χ0v) is 15.5. The number of carbonyl (C=O) groups excluding carboxylic acids is 1. The van der Waals surface area contributed by atoms with Crippen molar-refractivity contribution < 1.29 is 19.2 Å². The molecule has 0 aromatic heterocycles. The number of hydrogen-bond acceptors (Lipinski definition) is 5. The van der Waals surface area contributed by atoms with Crippen LogP contribution >= 0.6 is 11.6 Å². The minimum atomic E-state index is -0.457. The van der Waals surface area contributed by atoms with Crippen LogP contribution in [-0.4, -0.2) is 29.6 Å². The minimum Gasteiger partial charge on any atom is -0.454 e. The largest absolute Gasteiger partial charge is 0.454 e. The SMILES string of the molecule is CC(c1cccc([N+](=O)[O-])c1)N(C)C(=O)/C=C/c1cc(Cl)c2c(c1)OCO2. The lowest BCUT2D eigenvalue weighted by Crippen LogP contribution is -2.28. The van der Waals surface area contributed by atoms with Crippen LogP contribution in [0.25, 0.3) is 6.08 Å². The number of hydrogen-bond donors (Lipinski definition) is 0. The lowest BCUT2D eigenvalue weighted by Gasteiger charge is -2.24. The van der Waals surface area contributed by atoms with Crippen molar-refractivity contribution in [3.8, 4) is 11.5 Å². The average Bonchev–Trinajstić information content (AvgIpc) is 3.14. The van der Waals surface area contributed by atoms with Gasteiger partial charge in [0.15, 0.2) is 11.5 Å².